The number of pyridine rings is 2. The van der Waals surface area contributed by atoms with Gasteiger partial charge in [0.2, 0.25) is 0 Å². The number of halogens is 3. The van der Waals surface area contributed by atoms with Crippen molar-refractivity contribution in [1.29, 1.82) is 0 Å². The second kappa shape index (κ2) is 6.55. The van der Waals surface area contributed by atoms with Gasteiger partial charge in [0.05, 0.1) is 18.3 Å². The fourth-order valence-electron chi connectivity index (χ4n) is 2.95. The van der Waals surface area contributed by atoms with E-state index in [0.717, 1.165) is 0 Å². The lowest BCUT2D eigenvalue weighted by molar-refractivity contribution is -0.153. The summed E-state index contributed by atoms with van der Waals surface area (Å²) in [6, 6.07) is 7.71. The number of hydrogen-bond acceptors (Lipinski definition) is 5. The predicted octanol–water partition coefficient (Wildman–Crippen LogP) is 3.21. The second-order valence-corrected chi connectivity index (χ2v) is 5.89. The van der Waals surface area contributed by atoms with Gasteiger partial charge in [0.15, 0.2) is 12.3 Å². The van der Waals surface area contributed by atoms with E-state index in [1.165, 1.54) is 36.2 Å². The van der Waals surface area contributed by atoms with Gasteiger partial charge in [-0.15, -0.1) is 0 Å². The molecule has 0 aliphatic rings. The van der Waals surface area contributed by atoms with Crippen molar-refractivity contribution in [2.24, 2.45) is 0 Å². The third-order valence-electron chi connectivity index (χ3n) is 4.09. The van der Waals surface area contributed by atoms with E-state index < -0.39 is 18.5 Å². The highest BCUT2D eigenvalue weighted by Crippen LogP contribution is 2.30. The van der Waals surface area contributed by atoms with Crippen LogP contribution in [-0.2, 0) is 0 Å². The number of alkyl halides is 3. The van der Waals surface area contributed by atoms with E-state index >= 15 is 0 Å². The van der Waals surface area contributed by atoms with Crippen LogP contribution in [0, 0.1) is 0 Å². The van der Waals surface area contributed by atoms with Gasteiger partial charge in [-0.05, 0) is 24.3 Å². The largest absolute Gasteiger partial charge is 0.494 e. The highest BCUT2D eigenvalue weighted by atomic mass is 19.4. The minimum absolute atomic E-state index is 0.0159. The van der Waals surface area contributed by atoms with Crippen molar-refractivity contribution in [2.75, 3.05) is 13.7 Å². The van der Waals surface area contributed by atoms with Crippen LogP contribution >= 0.6 is 0 Å². The van der Waals surface area contributed by atoms with E-state index in [0.29, 0.717) is 33.5 Å². The maximum absolute atomic E-state index is 12.5. The number of ether oxygens (including phenoxy) is 2. The SMILES string of the molecule is COc1ccnc2[nH]c(=O)n(-c3ccc4nccc(OCC(F)(F)F)c4c3)c12. The molecule has 0 fully saturated rings. The smallest absolute Gasteiger partial charge is 0.422 e. The van der Waals surface area contributed by atoms with Crippen LogP contribution in [0.3, 0.4) is 0 Å². The van der Waals surface area contributed by atoms with Crippen LogP contribution in [0.4, 0.5) is 13.2 Å². The first-order valence-corrected chi connectivity index (χ1v) is 8.10. The van der Waals surface area contributed by atoms with Gasteiger partial charge in [-0.25, -0.2) is 9.78 Å². The summed E-state index contributed by atoms with van der Waals surface area (Å²) in [6.45, 7) is -1.43. The molecule has 28 heavy (non-hydrogen) atoms. The summed E-state index contributed by atoms with van der Waals surface area (Å²) in [4.78, 5) is 23.4. The van der Waals surface area contributed by atoms with Crippen LogP contribution in [0.1, 0.15) is 0 Å². The van der Waals surface area contributed by atoms with E-state index in [4.69, 9.17) is 9.47 Å². The van der Waals surface area contributed by atoms with Gasteiger partial charge in [-0.1, -0.05) is 0 Å². The Bertz CT molecular complexity index is 1230. The van der Waals surface area contributed by atoms with Gasteiger partial charge < -0.3 is 9.47 Å². The zero-order valence-corrected chi connectivity index (χ0v) is 14.4. The number of aromatic amines is 1. The minimum Gasteiger partial charge on any atom is -0.494 e. The Morgan fingerprint density at radius 1 is 1.11 bits per heavy atom. The van der Waals surface area contributed by atoms with Crippen molar-refractivity contribution in [3.05, 3.63) is 53.2 Å². The number of methoxy groups -OCH3 is 1. The molecule has 0 aliphatic heterocycles. The van der Waals surface area contributed by atoms with Gasteiger partial charge in [0.1, 0.15) is 17.0 Å². The Morgan fingerprint density at radius 2 is 1.86 bits per heavy atom. The Labute approximate surface area is 155 Å². The Morgan fingerprint density at radius 3 is 2.61 bits per heavy atom. The van der Waals surface area contributed by atoms with Gasteiger partial charge in [-0.3, -0.25) is 14.5 Å². The molecule has 0 atom stereocenters. The van der Waals surface area contributed by atoms with Gasteiger partial charge in [-0.2, -0.15) is 13.2 Å². The second-order valence-electron chi connectivity index (χ2n) is 5.89. The van der Waals surface area contributed by atoms with Crippen LogP contribution in [-0.4, -0.2) is 39.4 Å². The first-order valence-electron chi connectivity index (χ1n) is 8.10. The number of nitrogens with zero attached hydrogens (tertiary/aromatic N) is 3. The fraction of sp³-hybridized carbons (Fsp3) is 0.167. The average molecular weight is 390 g/mol. The van der Waals surface area contributed by atoms with Crippen molar-refractivity contribution in [2.45, 2.75) is 6.18 Å². The average Bonchev–Trinajstić information content (AvgIpc) is 3.01. The van der Waals surface area contributed by atoms with Gasteiger partial charge in [0, 0.05) is 23.8 Å². The molecule has 0 saturated heterocycles. The summed E-state index contributed by atoms with van der Waals surface area (Å²) in [6.07, 6.45) is -1.62. The Hall–Kier alpha value is -3.56. The molecule has 0 radical (unpaired) electrons. The maximum atomic E-state index is 12.5. The molecule has 1 N–H and O–H groups in total. The number of imidazole rings is 1. The van der Waals surface area contributed by atoms with Crippen LogP contribution in [0.15, 0.2) is 47.5 Å². The Balaban J connectivity index is 1.90. The number of H-pyrrole nitrogens is 1. The maximum Gasteiger partial charge on any atom is 0.422 e. The number of fused-ring (bicyclic) bond motifs is 2. The molecular formula is C18H13F3N4O3. The van der Waals surface area contributed by atoms with E-state index in [2.05, 4.69) is 15.0 Å². The lowest BCUT2D eigenvalue weighted by Gasteiger charge is -2.12. The van der Waals surface area contributed by atoms with Crippen LogP contribution in [0.25, 0.3) is 27.8 Å². The highest BCUT2D eigenvalue weighted by Gasteiger charge is 2.28. The van der Waals surface area contributed by atoms with Crippen molar-refractivity contribution in [1.82, 2.24) is 19.5 Å². The lowest BCUT2D eigenvalue weighted by Crippen LogP contribution is -2.19. The number of benzene rings is 1. The molecular weight excluding hydrogens is 377 g/mol. The van der Waals surface area contributed by atoms with Gasteiger partial charge >= 0.3 is 11.9 Å². The molecule has 0 aliphatic carbocycles. The summed E-state index contributed by atoms with van der Waals surface area (Å²) in [5.74, 6) is 0.435. The third-order valence-corrected chi connectivity index (χ3v) is 4.09. The molecule has 0 bridgehead atoms. The molecule has 10 heteroatoms. The van der Waals surface area contributed by atoms with Crippen LogP contribution in [0.2, 0.25) is 0 Å². The van der Waals surface area contributed by atoms with E-state index in [1.807, 2.05) is 0 Å². The molecule has 0 saturated carbocycles. The third kappa shape index (κ3) is 3.13. The first-order chi connectivity index (χ1) is 13.4. The number of hydrogen-bond donors (Lipinski definition) is 1. The fourth-order valence-corrected chi connectivity index (χ4v) is 2.95. The summed E-state index contributed by atoms with van der Waals surface area (Å²) in [5, 5.41) is 0.341. The standard InChI is InChI=1S/C18H13F3N4O3/c1-27-14-5-7-23-16-15(14)25(17(26)24-16)10-2-3-12-11(8-10)13(4-6-22-12)28-9-18(19,20)21/h2-8H,9H2,1H3,(H,23,24,26). The zero-order valence-electron chi connectivity index (χ0n) is 14.4. The highest BCUT2D eigenvalue weighted by molar-refractivity contribution is 5.88. The molecule has 4 rings (SSSR count). The molecule has 144 valence electrons. The first kappa shape index (κ1) is 17.8. The summed E-state index contributed by atoms with van der Waals surface area (Å²) in [5.41, 5.74) is 1.11. The number of nitrogens with one attached hydrogen (secondary N) is 1. The molecule has 7 nitrogen and oxygen atoms in total. The lowest BCUT2D eigenvalue weighted by atomic mass is 10.1. The minimum atomic E-state index is -4.47. The van der Waals surface area contributed by atoms with Crippen molar-refractivity contribution < 1.29 is 22.6 Å². The van der Waals surface area contributed by atoms with Gasteiger partial charge in [0.25, 0.3) is 0 Å². The number of aromatic nitrogens is 4. The molecule has 4 aromatic rings. The molecule has 0 unspecified atom stereocenters. The van der Waals surface area contributed by atoms with E-state index in [9.17, 15) is 18.0 Å². The summed E-state index contributed by atoms with van der Waals surface area (Å²) >= 11 is 0. The normalized spacial score (nSPS) is 11.9. The predicted molar refractivity (Wildman–Crippen MR) is 95.1 cm³/mol. The summed E-state index contributed by atoms with van der Waals surface area (Å²) in [7, 11) is 1.46. The topological polar surface area (TPSA) is 82.0 Å². The molecule has 3 heterocycles. The van der Waals surface area contributed by atoms with Crippen molar-refractivity contribution in [3.8, 4) is 17.2 Å². The van der Waals surface area contributed by atoms with Crippen LogP contribution in [0.5, 0.6) is 11.5 Å². The molecule has 0 amide bonds. The monoisotopic (exact) mass is 390 g/mol. The van der Waals surface area contributed by atoms with E-state index in [1.54, 1.807) is 18.2 Å². The quantitative estimate of drug-likeness (QED) is 0.579. The van der Waals surface area contributed by atoms with Crippen molar-refractivity contribution >= 4 is 22.1 Å². The number of rotatable bonds is 4. The Kier molecular flexibility index (Phi) is 4.17. The van der Waals surface area contributed by atoms with Crippen LogP contribution < -0.4 is 15.2 Å². The molecule has 1 aromatic carbocycles. The van der Waals surface area contributed by atoms with E-state index in [-0.39, 0.29) is 5.75 Å². The molecule has 0 spiro atoms. The van der Waals surface area contributed by atoms with Crippen molar-refractivity contribution in [3.63, 3.8) is 0 Å². The zero-order chi connectivity index (χ0) is 19.9. The molecule has 3 aromatic heterocycles. The summed E-state index contributed by atoms with van der Waals surface area (Å²) < 4.78 is 49.2.